The van der Waals surface area contributed by atoms with E-state index in [0.717, 1.165) is 5.56 Å². The molecule has 0 bridgehead atoms. The highest BCUT2D eigenvalue weighted by Gasteiger charge is 2.12. The molecular weight excluding hydrogens is 346 g/mol. The van der Waals surface area contributed by atoms with Crippen LogP contribution in [0.15, 0.2) is 63.6 Å². The number of hydrazone groups is 1. The summed E-state index contributed by atoms with van der Waals surface area (Å²) in [6.45, 7) is 0. The maximum absolute atomic E-state index is 12.5. The number of hydrogen-bond donors (Lipinski definition) is 3. The number of aromatic nitrogens is 2. The molecule has 0 saturated carbocycles. The Morgan fingerprint density at radius 1 is 1.26 bits per heavy atom. The Hall–Kier alpha value is -4.01. The Morgan fingerprint density at radius 2 is 2.11 bits per heavy atom. The summed E-state index contributed by atoms with van der Waals surface area (Å²) >= 11 is 0. The lowest BCUT2D eigenvalue weighted by Crippen LogP contribution is -2.15. The van der Waals surface area contributed by atoms with Gasteiger partial charge in [0.25, 0.3) is 5.91 Å². The lowest BCUT2D eigenvalue weighted by molar-refractivity contribution is 0.102. The number of nitrogens with one attached hydrogen (secondary N) is 1. The van der Waals surface area contributed by atoms with Crippen LogP contribution in [0.3, 0.4) is 0 Å². The summed E-state index contributed by atoms with van der Waals surface area (Å²) in [4.78, 5) is 24.4. The van der Waals surface area contributed by atoms with E-state index in [0.29, 0.717) is 28.4 Å². The Balaban J connectivity index is 1.80. The van der Waals surface area contributed by atoms with Gasteiger partial charge in [-0.1, -0.05) is 0 Å². The summed E-state index contributed by atoms with van der Waals surface area (Å²) in [5.41, 5.74) is 8.88. The predicted molar refractivity (Wildman–Crippen MR) is 104 cm³/mol. The highest BCUT2D eigenvalue weighted by Crippen LogP contribution is 2.27. The van der Waals surface area contributed by atoms with Crippen molar-refractivity contribution in [3.63, 3.8) is 0 Å². The zero-order valence-electron chi connectivity index (χ0n) is 14.5. The molecule has 9 heteroatoms. The van der Waals surface area contributed by atoms with E-state index in [-0.39, 0.29) is 5.69 Å². The van der Waals surface area contributed by atoms with Crippen LogP contribution in [0.2, 0.25) is 0 Å². The topological polar surface area (TPSA) is 145 Å². The van der Waals surface area contributed by atoms with E-state index in [1.165, 1.54) is 18.8 Å². The molecule has 136 valence electrons. The van der Waals surface area contributed by atoms with Crippen LogP contribution in [0, 0.1) is 0 Å². The summed E-state index contributed by atoms with van der Waals surface area (Å²) in [6.07, 6.45) is 5.91. The number of oxazole rings is 1. The summed E-state index contributed by atoms with van der Waals surface area (Å²) in [7, 11) is 1.61. The van der Waals surface area contributed by atoms with Gasteiger partial charge in [0.05, 0.1) is 17.6 Å². The lowest BCUT2D eigenvalue weighted by atomic mass is 10.1. The number of nitrogen functional groups attached to an aromatic ring is 1. The van der Waals surface area contributed by atoms with Crippen LogP contribution in [-0.4, -0.2) is 34.8 Å². The van der Waals surface area contributed by atoms with Gasteiger partial charge >= 0.3 is 0 Å². The number of hydrogen-bond acceptors (Lipinski definition) is 8. The molecule has 0 atom stereocenters. The maximum Gasteiger partial charge on any atom is 0.274 e. The van der Waals surface area contributed by atoms with Crippen molar-refractivity contribution in [1.82, 2.24) is 9.97 Å². The van der Waals surface area contributed by atoms with Gasteiger partial charge in [0, 0.05) is 30.6 Å². The van der Waals surface area contributed by atoms with E-state index in [2.05, 4.69) is 25.4 Å². The fourth-order valence-corrected chi connectivity index (χ4v) is 2.35. The smallest absolute Gasteiger partial charge is 0.274 e. The van der Waals surface area contributed by atoms with Crippen molar-refractivity contribution in [2.75, 3.05) is 18.1 Å². The molecule has 0 radical (unpaired) electrons. The predicted octanol–water partition coefficient (Wildman–Crippen LogP) is 1.93. The van der Waals surface area contributed by atoms with Crippen LogP contribution >= 0.6 is 0 Å². The summed E-state index contributed by atoms with van der Waals surface area (Å²) in [6, 6.07) is 8.41. The number of anilines is 2. The standard InChI is InChI=1S/C18H17N7O2/c1-21-8-16(25-20)12-3-5-14(23-7-12)18(26)24-15-6-11(2-4-13(15)19)17-9-22-10-27-17/h2-10H,19-20H2,1H3,(H,24,26)/b21-8?,25-16+. The molecule has 1 amide bonds. The summed E-state index contributed by atoms with van der Waals surface area (Å²) in [5, 5.41) is 6.38. The average Bonchev–Trinajstić information content (AvgIpc) is 3.23. The highest BCUT2D eigenvalue weighted by molar-refractivity contribution is 6.38. The molecule has 0 spiro atoms. The molecule has 5 N–H and O–H groups in total. The molecule has 0 aliphatic rings. The molecule has 0 aliphatic carbocycles. The third-order valence-electron chi connectivity index (χ3n) is 3.70. The second-order valence-electron chi connectivity index (χ2n) is 5.46. The van der Waals surface area contributed by atoms with Gasteiger partial charge in [0.1, 0.15) is 11.4 Å². The molecule has 2 aromatic heterocycles. The lowest BCUT2D eigenvalue weighted by Gasteiger charge is -2.09. The molecule has 1 aromatic carbocycles. The number of carbonyl (C=O) groups is 1. The maximum atomic E-state index is 12.5. The van der Waals surface area contributed by atoms with E-state index in [1.807, 2.05) is 0 Å². The van der Waals surface area contributed by atoms with Crippen molar-refractivity contribution in [3.05, 3.63) is 60.4 Å². The van der Waals surface area contributed by atoms with Gasteiger partial charge in [0.15, 0.2) is 12.2 Å². The van der Waals surface area contributed by atoms with Crippen LogP contribution in [-0.2, 0) is 0 Å². The minimum Gasteiger partial charge on any atom is -0.444 e. The average molecular weight is 363 g/mol. The van der Waals surface area contributed by atoms with Gasteiger partial charge in [-0.3, -0.25) is 14.8 Å². The van der Waals surface area contributed by atoms with E-state index in [4.69, 9.17) is 16.0 Å². The van der Waals surface area contributed by atoms with E-state index in [9.17, 15) is 4.79 Å². The molecule has 27 heavy (non-hydrogen) atoms. The zero-order chi connectivity index (χ0) is 19.2. The number of nitrogens with zero attached hydrogens (tertiary/aromatic N) is 4. The van der Waals surface area contributed by atoms with Crippen LogP contribution in [0.25, 0.3) is 11.3 Å². The van der Waals surface area contributed by atoms with Crippen LogP contribution < -0.4 is 16.9 Å². The largest absolute Gasteiger partial charge is 0.444 e. The molecule has 3 rings (SSSR count). The summed E-state index contributed by atoms with van der Waals surface area (Å²) in [5.74, 6) is 5.49. The number of nitrogens with two attached hydrogens (primary N) is 2. The van der Waals surface area contributed by atoms with Gasteiger partial charge < -0.3 is 21.3 Å². The Morgan fingerprint density at radius 3 is 2.74 bits per heavy atom. The van der Waals surface area contributed by atoms with Crippen molar-refractivity contribution < 1.29 is 9.21 Å². The highest BCUT2D eigenvalue weighted by atomic mass is 16.3. The molecular formula is C18H17N7O2. The normalized spacial score (nSPS) is 11.7. The van der Waals surface area contributed by atoms with Crippen LogP contribution in [0.5, 0.6) is 0 Å². The first kappa shape index (κ1) is 17.8. The fraction of sp³-hybridized carbons (Fsp3) is 0.0556. The van der Waals surface area contributed by atoms with Crippen LogP contribution in [0.1, 0.15) is 16.1 Å². The minimum atomic E-state index is -0.404. The molecule has 0 fully saturated rings. The number of pyridine rings is 1. The first-order valence-corrected chi connectivity index (χ1v) is 7.88. The van der Waals surface area contributed by atoms with Gasteiger partial charge in [-0.15, -0.1) is 0 Å². The number of benzene rings is 1. The van der Waals surface area contributed by atoms with Crippen molar-refractivity contribution in [2.45, 2.75) is 0 Å². The Bertz CT molecular complexity index is 993. The minimum absolute atomic E-state index is 0.216. The molecule has 0 saturated heterocycles. The molecule has 2 heterocycles. The molecule has 3 aromatic rings. The SMILES string of the molecule is CN=C/C(=N\N)c1ccc(C(=O)Nc2cc(-c3cnco3)ccc2N)nc1. The van der Waals surface area contributed by atoms with Crippen molar-refractivity contribution in [1.29, 1.82) is 0 Å². The van der Waals surface area contributed by atoms with E-state index >= 15 is 0 Å². The number of carbonyl (C=O) groups excluding carboxylic acids is 1. The number of aliphatic imine (C=N–C) groups is 1. The number of amides is 1. The third-order valence-corrected chi connectivity index (χ3v) is 3.70. The van der Waals surface area contributed by atoms with Crippen molar-refractivity contribution in [3.8, 4) is 11.3 Å². The monoisotopic (exact) mass is 363 g/mol. The second-order valence-corrected chi connectivity index (χ2v) is 5.46. The first-order valence-electron chi connectivity index (χ1n) is 7.88. The Kier molecular flexibility index (Phi) is 5.22. The van der Waals surface area contributed by atoms with E-state index in [1.54, 1.807) is 43.6 Å². The Labute approximate surface area is 154 Å². The van der Waals surface area contributed by atoms with Crippen molar-refractivity contribution >= 4 is 29.2 Å². The second kappa shape index (κ2) is 7.91. The number of rotatable bonds is 5. The fourth-order valence-electron chi connectivity index (χ4n) is 2.35. The quantitative estimate of drug-likeness (QED) is 0.273. The first-order chi connectivity index (χ1) is 13.1. The van der Waals surface area contributed by atoms with Gasteiger partial charge in [-0.05, 0) is 30.3 Å². The zero-order valence-corrected chi connectivity index (χ0v) is 14.5. The third kappa shape index (κ3) is 3.98. The van der Waals surface area contributed by atoms with Crippen LogP contribution in [0.4, 0.5) is 11.4 Å². The van der Waals surface area contributed by atoms with Crippen molar-refractivity contribution in [2.24, 2.45) is 15.9 Å². The molecule has 9 nitrogen and oxygen atoms in total. The van der Waals surface area contributed by atoms with E-state index < -0.39 is 5.91 Å². The molecule has 0 aliphatic heterocycles. The van der Waals surface area contributed by atoms with Gasteiger partial charge in [-0.2, -0.15) is 5.10 Å². The van der Waals surface area contributed by atoms with Gasteiger partial charge in [-0.25, -0.2) is 4.98 Å². The summed E-state index contributed by atoms with van der Waals surface area (Å²) < 4.78 is 5.26. The van der Waals surface area contributed by atoms with Gasteiger partial charge in [0.2, 0.25) is 0 Å². The molecule has 0 unspecified atom stereocenters.